The van der Waals surface area contributed by atoms with E-state index in [1.807, 2.05) is 25.3 Å². The monoisotopic (exact) mass is 375 g/mol. The highest BCUT2D eigenvalue weighted by Gasteiger charge is 2.18. The van der Waals surface area contributed by atoms with E-state index in [1.165, 1.54) is 11.3 Å². The van der Waals surface area contributed by atoms with E-state index in [4.69, 9.17) is 22.1 Å². The summed E-state index contributed by atoms with van der Waals surface area (Å²) in [5.41, 5.74) is 7.41. The van der Waals surface area contributed by atoms with Crippen LogP contribution < -0.4 is 15.8 Å². The Balaban J connectivity index is 0.00000264. The second kappa shape index (κ2) is 8.49. The first-order chi connectivity index (χ1) is 10.4. The van der Waals surface area contributed by atoms with Crippen molar-refractivity contribution < 1.29 is 9.53 Å². The van der Waals surface area contributed by atoms with Gasteiger partial charge in [0.1, 0.15) is 5.75 Å². The van der Waals surface area contributed by atoms with Gasteiger partial charge in [0.25, 0.3) is 0 Å². The van der Waals surface area contributed by atoms with Crippen LogP contribution in [0.1, 0.15) is 13.8 Å². The lowest BCUT2D eigenvalue weighted by Crippen LogP contribution is -2.39. The van der Waals surface area contributed by atoms with Crippen LogP contribution in [0.2, 0.25) is 5.02 Å². The number of ether oxygens (including phenoxy) is 1. The fourth-order valence-electron chi connectivity index (χ4n) is 1.78. The highest BCUT2D eigenvalue weighted by atomic mass is 35.5. The number of halogens is 2. The van der Waals surface area contributed by atoms with E-state index >= 15 is 0 Å². The number of thiazole rings is 1. The molecule has 1 aromatic carbocycles. The molecule has 1 amide bonds. The molecule has 8 heteroatoms. The molecule has 1 heterocycles. The van der Waals surface area contributed by atoms with Gasteiger partial charge in [-0.2, -0.15) is 0 Å². The number of nitrogens with zero attached hydrogens (tertiary/aromatic N) is 1. The first kappa shape index (κ1) is 19.7. The summed E-state index contributed by atoms with van der Waals surface area (Å²) in [4.78, 5) is 16.3. The number of benzene rings is 1. The molecular weight excluding hydrogens is 357 g/mol. The molecule has 0 aliphatic rings. The summed E-state index contributed by atoms with van der Waals surface area (Å²) < 4.78 is 5.12. The summed E-state index contributed by atoms with van der Waals surface area (Å²) >= 11 is 7.46. The molecule has 0 bridgehead atoms. The standard InChI is InChI=1S/C15H18ClN3O2S.ClH/c1-8(2)13(17)14(20)19-15-18-11(7-22-15)9-4-5-12(21-3)10(16)6-9;/h4-8,13H,17H2,1-3H3,(H,18,19,20);1H/t13-;/m0./s1. The Morgan fingerprint density at radius 3 is 2.70 bits per heavy atom. The molecule has 0 saturated carbocycles. The lowest BCUT2D eigenvalue weighted by atomic mass is 10.1. The molecule has 2 rings (SSSR count). The average molecular weight is 376 g/mol. The Morgan fingerprint density at radius 1 is 1.43 bits per heavy atom. The molecule has 0 aliphatic carbocycles. The molecule has 0 fully saturated rings. The SMILES string of the molecule is COc1ccc(-c2csc(NC(=O)[C@@H](N)C(C)C)n2)cc1Cl.Cl. The molecule has 0 unspecified atom stereocenters. The lowest BCUT2D eigenvalue weighted by Gasteiger charge is -2.13. The maximum Gasteiger partial charge on any atom is 0.243 e. The van der Waals surface area contributed by atoms with Gasteiger partial charge in [0.05, 0.1) is 23.9 Å². The maximum atomic E-state index is 11.9. The molecule has 126 valence electrons. The fourth-order valence-corrected chi connectivity index (χ4v) is 2.76. The van der Waals surface area contributed by atoms with Crippen LogP contribution in [-0.4, -0.2) is 24.0 Å². The maximum absolute atomic E-state index is 11.9. The van der Waals surface area contributed by atoms with E-state index in [-0.39, 0.29) is 24.2 Å². The van der Waals surface area contributed by atoms with Crippen molar-refractivity contribution >= 4 is 46.4 Å². The van der Waals surface area contributed by atoms with Crippen LogP contribution in [0.25, 0.3) is 11.3 Å². The third kappa shape index (κ3) is 4.81. The predicted molar refractivity (Wildman–Crippen MR) is 97.8 cm³/mol. The van der Waals surface area contributed by atoms with Crippen LogP contribution in [0.4, 0.5) is 5.13 Å². The van der Waals surface area contributed by atoms with Crippen LogP contribution >= 0.6 is 35.3 Å². The fraction of sp³-hybridized carbons (Fsp3) is 0.333. The number of aromatic nitrogens is 1. The summed E-state index contributed by atoms with van der Waals surface area (Å²) in [6.45, 7) is 3.80. The third-order valence-corrected chi connectivity index (χ3v) is 4.26. The summed E-state index contributed by atoms with van der Waals surface area (Å²) in [6.07, 6.45) is 0. The highest BCUT2D eigenvalue weighted by Crippen LogP contribution is 2.31. The zero-order chi connectivity index (χ0) is 16.3. The molecule has 1 aromatic heterocycles. The second-order valence-electron chi connectivity index (χ2n) is 5.15. The van der Waals surface area contributed by atoms with Gasteiger partial charge in [-0.15, -0.1) is 23.7 Å². The molecular formula is C15H19Cl2N3O2S. The van der Waals surface area contributed by atoms with Crippen molar-refractivity contribution in [1.82, 2.24) is 4.98 Å². The average Bonchev–Trinajstić information content (AvgIpc) is 2.94. The van der Waals surface area contributed by atoms with Crippen molar-refractivity contribution in [3.8, 4) is 17.0 Å². The Labute approximate surface area is 150 Å². The van der Waals surface area contributed by atoms with Crippen LogP contribution in [-0.2, 0) is 4.79 Å². The van der Waals surface area contributed by atoms with Crippen molar-refractivity contribution in [2.75, 3.05) is 12.4 Å². The molecule has 0 aliphatic heterocycles. The molecule has 23 heavy (non-hydrogen) atoms. The first-order valence-electron chi connectivity index (χ1n) is 6.78. The minimum Gasteiger partial charge on any atom is -0.495 e. The van der Waals surface area contributed by atoms with Crippen molar-refractivity contribution in [3.05, 3.63) is 28.6 Å². The molecule has 1 atom stereocenters. The van der Waals surface area contributed by atoms with Gasteiger partial charge in [0.2, 0.25) is 5.91 Å². The van der Waals surface area contributed by atoms with E-state index in [1.54, 1.807) is 19.2 Å². The van der Waals surface area contributed by atoms with E-state index in [0.717, 1.165) is 11.3 Å². The molecule has 0 saturated heterocycles. The van der Waals surface area contributed by atoms with Gasteiger partial charge in [-0.05, 0) is 24.1 Å². The zero-order valence-electron chi connectivity index (χ0n) is 13.0. The largest absolute Gasteiger partial charge is 0.495 e. The Morgan fingerprint density at radius 2 is 2.13 bits per heavy atom. The molecule has 0 spiro atoms. The topological polar surface area (TPSA) is 77.2 Å². The number of anilines is 1. The number of nitrogens with two attached hydrogens (primary N) is 1. The minimum absolute atomic E-state index is 0. The number of amides is 1. The summed E-state index contributed by atoms with van der Waals surface area (Å²) in [7, 11) is 1.56. The third-order valence-electron chi connectivity index (χ3n) is 3.20. The van der Waals surface area contributed by atoms with Gasteiger partial charge < -0.3 is 15.8 Å². The smallest absolute Gasteiger partial charge is 0.243 e. The minimum atomic E-state index is -0.553. The van der Waals surface area contributed by atoms with Crippen LogP contribution in [0.5, 0.6) is 5.75 Å². The lowest BCUT2D eigenvalue weighted by molar-refractivity contribution is -0.118. The van der Waals surface area contributed by atoms with Crippen molar-refractivity contribution in [3.63, 3.8) is 0 Å². The van der Waals surface area contributed by atoms with E-state index in [2.05, 4.69) is 10.3 Å². The molecule has 2 aromatic rings. The van der Waals surface area contributed by atoms with Crippen LogP contribution in [0.15, 0.2) is 23.6 Å². The van der Waals surface area contributed by atoms with E-state index in [0.29, 0.717) is 15.9 Å². The summed E-state index contributed by atoms with van der Waals surface area (Å²) in [5.74, 6) is 0.445. The normalized spacial score (nSPS) is 11.7. The van der Waals surface area contributed by atoms with Gasteiger partial charge in [0, 0.05) is 10.9 Å². The van der Waals surface area contributed by atoms with Crippen LogP contribution in [0, 0.1) is 5.92 Å². The predicted octanol–water partition coefficient (Wildman–Crippen LogP) is 3.82. The number of carbonyl (C=O) groups is 1. The zero-order valence-corrected chi connectivity index (χ0v) is 15.4. The number of hydrogen-bond acceptors (Lipinski definition) is 5. The number of carbonyl (C=O) groups excluding carboxylic acids is 1. The molecule has 5 nitrogen and oxygen atoms in total. The second-order valence-corrected chi connectivity index (χ2v) is 6.41. The van der Waals surface area contributed by atoms with Gasteiger partial charge >= 0.3 is 0 Å². The Hall–Kier alpha value is -1.34. The number of nitrogens with one attached hydrogen (secondary N) is 1. The summed E-state index contributed by atoms with van der Waals surface area (Å²) in [5, 5.41) is 5.62. The Kier molecular flexibility index (Phi) is 7.28. The van der Waals surface area contributed by atoms with Gasteiger partial charge in [-0.25, -0.2) is 4.98 Å². The first-order valence-corrected chi connectivity index (χ1v) is 8.04. The van der Waals surface area contributed by atoms with E-state index in [9.17, 15) is 4.79 Å². The highest BCUT2D eigenvalue weighted by molar-refractivity contribution is 7.14. The molecule has 3 N–H and O–H groups in total. The van der Waals surface area contributed by atoms with Gasteiger partial charge in [-0.3, -0.25) is 4.79 Å². The van der Waals surface area contributed by atoms with Crippen molar-refractivity contribution in [2.45, 2.75) is 19.9 Å². The number of rotatable bonds is 5. The van der Waals surface area contributed by atoms with E-state index < -0.39 is 6.04 Å². The number of hydrogen-bond donors (Lipinski definition) is 2. The molecule has 0 radical (unpaired) electrons. The van der Waals surface area contributed by atoms with Gasteiger partial charge in [-0.1, -0.05) is 25.4 Å². The summed E-state index contributed by atoms with van der Waals surface area (Å²) in [6, 6.07) is 4.87. The van der Waals surface area contributed by atoms with Crippen LogP contribution in [0.3, 0.4) is 0 Å². The van der Waals surface area contributed by atoms with Crippen molar-refractivity contribution in [1.29, 1.82) is 0 Å². The van der Waals surface area contributed by atoms with Gasteiger partial charge in [0.15, 0.2) is 5.13 Å². The number of methoxy groups -OCH3 is 1. The Bertz CT molecular complexity index is 676. The van der Waals surface area contributed by atoms with Crippen molar-refractivity contribution in [2.24, 2.45) is 11.7 Å². The quantitative estimate of drug-likeness (QED) is 0.832.